The number of carbonyl (C=O) groups excluding carboxylic acids is 3. The van der Waals surface area contributed by atoms with E-state index in [1.807, 2.05) is 0 Å². The van der Waals surface area contributed by atoms with Gasteiger partial charge in [-0.2, -0.15) is 5.10 Å². The van der Waals surface area contributed by atoms with E-state index in [0.717, 1.165) is 0 Å². The van der Waals surface area contributed by atoms with Crippen LogP contribution < -0.4 is 16.1 Å². The van der Waals surface area contributed by atoms with E-state index in [-0.39, 0.29) is 6.54 Å². The molecule has 0 bridgehead atoms. The molecule has 0 unspecified atom stereocenters. The lowest BCUT2D eigenvalue weighted by Gasteiger charge is -2.06. The van der Waals surface area contributed by atoms with Gasteiger partial charge in [0.2, 0.25) is 0 Å². The van der Waals surface area contributed by atoms with Gasteiger partial charge in [0.05, 0.1) is 12.8 Å². The highest BCUT2D eigenvalue weighted by Crippen LogP contribution is 2.22. The largest absolute Gasteiger partial charge is 0.458 e. The lowest BCUT2D eigenvalue weighted by Crippen LogP contribution is -2.34. The molecule has 0 radical (unpaired) electrons. The van der Waals surface area contributed by atoms with Crippen LogP contribution in [0.15, 0.2) is 64.1 Å². The summed E-state index contributed by atoms with van der Waals surface area (Å²) in [6.45, 7) is -0.0342. The molecule has 11 heteroatoms. The Labute approximate surface area is 197 Å². The highest BCUT2D eigenvalue weighted by atomic mass is 35.5. The zero-order valence-electron chi connectivity index (χ0n) is 16.2. The molecule has 3 amide bonds. The van der Waals surface area contributed by atoms with Gasteiger partial charge in [0.25, 0.3) is 5.91 Å². The summed E-state index contributed by atoms with van der Waals surface area (Å²) >= 11 is 17.5. The third-order valence-corrected chi connectivity index (χ3v) is 4.58. The molecule has 3 N–H and O–H groups in total. The molecule has 3 aromatic rings. The zero-order valence-corrected chi connectivity index (χ0v) is 18.5. The van der Waals surface area contributed by atoms with Crippen molar-refractivity contribution in [3.63, 3.8) is 0 Å². The minimum Gasteiger partial charge on any atom is -0.458 e. The molecule has 0 saturated carbocycles. The van der Waals surface area contributed by atoms with Gasteiger partial charge in [-0.1, -0.05) is 34.8 Å². The molecular formula is C21H15Cl3N4O4. The number of nitrogens with zero attached hydrogens (tertiary/aromatic N) is 1. The molecule has 1 aromatic heterocycles. The number of benzene rings is 2. The summed E-state index contributed by atoms with van der Waals surface area (Å²) in [6, 6.07) is 13.9. The molecule has 8 nitrogen and oxygen atoms in total. The Hall–Kier alpha value is -3.33. The fourth-order valence-electron chi connectivity index (χ4n) is 2.44. The number of hydrogen-bond donors (Lipinski definition) is 3. The summed E-state index contributed by atoms with van der Waals surface area (Å²) in [5.74, 6) is -1.46. The normalized spacial score (nSPS) is 10.7. The maximum absolute atomic E-state index is 12.0. The van der Waals surface area contributed by atoms with Gasteiger partial charge in [-0.3, -0.25) is 14.4 Å². The van der Waals surface area contributed by atoms with Crippen LogP contribution >= 0.6 is 34.8 Å². The zero-order chi connectivity index (χ0) is 23.1. The number of rotatable bonds is 6. The third-order valence-electron chi connectivity index (χ3n) is 3.90. The Morgan fingerprint density at radius 3 is 2.25 bits per heavy atom. The second kappa shape index (κ2) is 10.8. The van der Waals surface area contributed by atoms with Crippen LogP contribution in [0.25, 0.3) is 0 Å². The van der Waals surface area contributed by atoms with Crippen LogP contribution in [0.2, 0.25) is 15.1 Å². The molecule has 0 spiro atoms. The van der Waals surface area contributed by atoms with Gasteiger partial charge < -0.3 is 15.1 Å². The summed E-state index contributed by atoms with van der Waals surface area (Å²) < 4.78 is 5.47. The van der Waals surface area contributed by atoms with Crippen LogP contribution in [-0.4, -0.2) is 23.9 Å². The molecule has 0 aliphatic heterocycles. The molecular weight excluding hydrogens is 479 g/mol. The van der Waals surface area contributed by atoms with Crippen molar-refractivity contribution in [1.82, 2.24) is 10.7 Å². The lowest BCUT2D eigenvalue weighted by molar-refractivity contribution is -0.136. The third kappa shape index (κ3) is 6.84. The van der Waals surface area contributed by atoms with Gasteiger partial charge in [-0.15, -0.1) is 0 Å². The van der Waals surface area contributed by atoms with Crippen molar-refractivity contribution < 1.29 is 18.8 Å². The van der Waals surface area contributed by atoms with Crippen LogP contribution in [0.3, 0.4) is 0 Å². The van der Waals surface area contributed by atoms with E-state index in [4.69, 9.17) is 39.2 Å². The Morgan fingerprint density at radius 1 is 0.875 bits per heavy atom. The van der Waals surface area contributed by atoms with Crippen LogP contribution in [0.5, 0.6) is 0 Å². The first kappa shape index (κ1) is 23.3. The Bertz CT molecular complexity index is 1160. The van der Waals surface area contributed by atoms with Crippen molar-refractivity contribution in [1.29, 1.82) is 0 Å². The Balaban J connectivity index is 1.47. The fourth-order valence-corrected chi connectivity index (χ4v) is 3.09. The number of halogens is 3. The van der Waals surface area contributed by atoms with Gasteiger partial charge >= 0.3 is 11.8 Å². The molecule has 0 aliphatic rings. The molecule has 3 rings (SSSR count). The van der Waals surface area contributed by atoms with E-state index in [1.54, 1.807) is 36.4 Å². The standard InChI is InChI=1S/C21H15Cl3N4O4/c22-13-3-1-12(2-4-13)19(29)28-26-11-18-6-5-17(32-18)10-25-20(30)21(31)27-16-8-14(23)7-15(24)9-16/h1-9,11H,10H2,(H,25,30)(H,27,31)(H,28,29)/b26-11-. The van der Waals surface area contributed by atoms with Crippen molar-refractivity contribution in [3.8, 4) is 0 Å². The average molecular weight is 494 g/mol. The molecule has 32 heavy (non-hydrogen) atoms. The lowest BCUT2D eigenvalue weighted by atomic mass is 10.2. The van der Waals surface area contributed by atoms with Crippen molar-refractivity contribution in [2.45, 2.75) is 6.54 Å². The predicted octanol–water partition coefficient (Wildman–Crippen LogP) is 4.26. The topological polar surface area (TPSA) is 113 Å². The number of nitrogens with one attached hydrogen (secondary N) is 3. The maximum atomic E-state index is 12.0. The second-order valence-electron chi connectivity index (χ2n) is 6.31. The van der Waals surface area contributed by atoms with Crippen molar-refractivity contribution in [2.24, 2.45) is 5.10 Å². The Kier molecular flexibility index (Phi) is 7.88. The van der Waals surface area contributed by atoms with Crippen molar-refractivity contribution >= 4 is 64.4 Å². The number of amides is 3. The first-order valence-electron chi connectivity index (χ1n) is 9.03. The van der Waals surface area contributed by atoms with E-state index in [2.05, 4.69) is 21.2 Å². The first-order valence-corrected chi connectivity index (χ1v) is 10.2. The molecule has 2 aromatic carbocycles. The molecule has 0 atom stereocenters. The monoisotopic (exact) mass is 492 g/mol. The SMILES string of the molecule is O=C(NCc1ccc(/C=N\NC(=O)c2ccc(Cl)cc2)o1)C(=O)Nc1cc(Cl)cc(Cl)c1. The van der Waals surface area contributed by atoms with Gasteiger partial charge in [0.1, 0.15) is 11.5 Å². The molecule has 0 saturated heterocycles. The fraction of sp³-hybridized carbons (Fsp3) is 0.0476. The van der Waals surface area contributed by atoms with Crippen LogP contribution in [0, 0.1) is 0 Å². The highest BCUT2D eigenvalue weighted by Gasteiger charge is 2.15. The van der Waals surface area contributed by atoms with Crippen LogP contribution in [0.1, 0.15) is 21.9 Å². The van der Waals surface area contributed by atoms with E-state index in [0.29, 0.717) is 37.8 Å². The van der Waals surface area contributed by atoms with E-state index in [1.165, 1.54) is 24.4 Å². The van der Waals surface area contributed by atoms with Gasteiger partial charge in [-0.05, 0) is 54.6 Å². The average Bonchev–Trinajstić information content (AvgIpc) is 3.19. The highest BCUT2D eigenvalue weighted by molar-refractivity contribution is 6.40. The predicted molar refractivity (Wildman–Crippen MR) is 122 cm³/mol. The van der Waals surface area contributed by atoms with E-state index < -0.39 is 17.7 Å². The van der Waals surface area contributed by atoms with Gasteiger partial charge in [0.15, 0.2) is 0 Å². The van der Waals surface area contributed by atoms with Crippen molar-refractivity contribution in [3.05, 3.63) is 86.7 Å². The molecule has 1 heterocycles. The summed E-state index contributed by atoms with van der Waals surface area (Å²) in [7, 11) is 0. The number of hydrogen-bond acceptors (Lipinski definition) is 5. The maximum Gasteiger partial charge on any atom is 0.313 e. The van der Waals surface area contributed by atoms with Crippen molar-refractivity contribution in [2.75, 3.05) is 5.32 Å². The number of furan rings is 1. The van der Waals surface area contributed by atoms with E-state index in [9.17, 15) is 14.4 Å². The smallest absolute Gasteiger partial charge is 0.313 e. The quantitative estimate of drug-likeness (QED) is 0.270. The van der Waals surface area contributed by atoms with E-state index >= 15 is 0 Å². The molecule has 0 aliphatic carbocycles. The summed E-state index contributed by atoms with van der Waals surface area (Å²) in [5, 5.41) is 9.80. The first-order chi connectivity index (χ1) is 15.3. The molecule has 0 fully saturated rings. The van der Waals surface area contributed by atoms with Crippen LogP contribution in [-0.2, 0) is 16.1 Å². The minimum absolute atomic E-state index is 0.0342. The van der Waals surface area contributed by atoms with Gasteiger partial charge in [-0.25, -0.2) is 5.43 Å². The number of anilines is 1. The number of carbonyl (C=O) groups is 3. The summed E-state index contributed by atoms with van der Waals surface area (Å²) in [4.78, 5) is 35.9. The van der Waals surface area contributed by atoms with Gasteiger partial charge in [0, 0.05) is 26.3 Å². The second-order valence-corrected chi connectivity index (χ2v) is 7.61. The Morgan fingerprint density at radius 2 is 1.56 bits per heavy atom. The summed E-state index contributed by atoms with van der Waals surface area (Å²) in [5.41, 5.74) is 3.05. The molecule has 164 valence electrons. The minimum atomic E-state index is -0.887. The summed E-state index contributed by atoms with van der Waals surface area (Å²) in [6.07, 6.45) is 1.30. The number of hydrazone groups is 1. The van der Waals surface area contributed by atoms with Crippen LogP contribution in [0.4, 0.5) is 5.69 Å².